The average molecular weight is 561 g/mol. The van der Waals surface area contributed by atoms with Gasteiger partial charge in [-0.05, 0) is 39.3 Å². The lowest BCUT2D eigenvalue weighted by Crippen LogP contribution is -2.60. The van der Waals surface area contributed by atoms with Gasteiger partial charge in [-0.2, -0.15) is 0 Å². The van der Waals surface area contributed by atoms with Crippen molar-refractivity contribution in [2.75, 3.05) is 4.90 Å². The van der Waals surface area contributed by atoms with Gasteiger partial charge in [-0.25, -0.2) is 4.79 Å². The van der Waals surface area contributed by atoms with Crippen molar-refractivity contribution in [2.45, 2.75) is 58.0 Å². The summed E-state index contributed by atoms with van der Waals surface area (Å²) in [5.41, 5.74) is -2.14. The average Bonchev–Trinajstić information content (AvgIpc) is 3.10. The zero-order chi connectivity index (χ0) is 29.9. The molecule has 2 aliphatic heterocycles. The first-order valence-corrected chi connectivity index (χ1v) is 12.9. The van der Waals surface area contributed by atoms with Crippen LogP contribution in [-0.4, -0.2) is 37.5 Å². The maximum absolute atomic E-state index is 14.6. The van der Waals surface area contributed by atoms with Gasteiger partial charge >= 0.3 is 6.09 Å². The van der Waals surface area contributed by atoms with Gasteiger partial charge in [0.25, 0.3) is 17.3 Å². The molecule has 3 aromatic carbocycles. The molecule has 0 saturated heterocycles. The van der Waals surface area contributed by atoms with Crippen LogP contribution in [0.2, 0.25) is 0 Å². The lowest BCUT2D eigenvalue weighted by Gasteiger charge is -2.46. The number of aryl methyl sites for hydroxylation is 1. The second-order valence-corrected chi connectivity index (χ2v) is 11.2. The molecule has 0 fully saturated rings. The Kier molecular flexibility index (Phi) is 6.53. The van der Waals surface area contributed by atoms with Crippen LogP contribution < -0.4 is 4.90 Å². The van der Waals surface area contributed by atoms with E-state index in [1.54, 1.807) is 45.9 Å². The highest BCUT2D eigenvalue weighted by atomic mass is 16.6. The summed E-state index contributed by atoms with van der Waals surface area (Å²) >= 11 is 0. The van der Waals surface area contributed by atoms with Crippen molar-refractivity contribution in [3.8, 4) is 0 Å². The van der Waals surface area contributed by atoms with Gasteiger partial charge in [0.15, 0.2) is 11.8 Å². The van der Waals surface area contributed by atoms with Gasteiger partial charge in [0, 0.05) is 29.2 Å². The Labute approximate surface area is 235 Å². The van der Waals surface area contributed by atoms with Gasteiger partial charge in [0.1, 0.15) is 5.60 Å². The molecule has 212 valence electrons. The highest BCUT2D eigenvalue weighted by Gasteiger charge is 2.62. The number of rotatable bonds is 4. The van der Waals surface area contributed by atoms with Gasteiger partial charge in [-0.15, -0.1) is 0 Å². The molecule has 2 amide bonds. The molecule has 0 radical (unpaired) electrons. The molecule has 2 aliphatic rings. The highest BCUT2D eigenvalue weighted by Crippen LogP contribution is 2.54. The second-order valence-electron chi connectivity index (χ2n) is 11.2. The Morgan fingerprint density at radius 3 is 2.37 bits per heavy atom. The number of nitro groups is 2. The summed E-state index contributed by atoms with van der Waals surface area (Å²) in [6, 6.07) is 16.2. The lowest BCUT2D eigenvalue weighted by molar-refractivity contribution is -0.395. The molecule has 2 atom stereocenters. The first kappa shape index (κ1) is 27.7. The van der Waals surface area contributed by atoms with Gasteiger partial charge in [0.05, 0.1) is 28.1 Å². The molecular weight excluding hydrogens is 532 g/mol. The molecule has 5 rings (SSSR count). The van der Waals surface area contributed by atoms with Crippen molar-refractivity contribution in [2.24, 2.45) is 0 Å². The van der Waals surface area contributed by atoms with Gasteiger partial charge in [-0.3, -0.25) is 29.9 Å². The Balaban J connectivity index is 1.80. The third-order valence-corrected chi connectivity index (χ3v) is 7.28. The molecule has 3 aromatic rings. The lowest BCUT2D eigenvalue weighted by atomic mass is 9.77. The smallest absolute Gasteiger partial charge is 0.413 e. The van der Waals surface area contributed by atoms with Crippen LogP contribution in [0.15, 0.2) is 60.7 Å². The zero-order valence-corrected chi connectivity index (χ0v) is 22.9. The van der Waals surface area contributed by atoms with E-state index in [-0.39, 0.29) is 17.7 Å². The number of fused-ring (bicyclic) bond motifs is 3. The summed E-state index contributed by atoms with van der Waals surface area (Å²) in [6.07, 6.45) is -3.43. The van der Waals surface area contributed by atoms with Crippen molar-refractivity contribution in [1.29, 1.82) is 0 Å². The number of ether oxygens (including phenoxy) is 1. The van der Waals surface area contributed by atoms with E-state index in [1.165, 1.54) is 4.90 Å². The Hall–Kier alpha value is -4.84. The Morgan fingerprint density at radius 2 is 1.76 bits per heavy atom. The summed E-state index contributed by atoms with van der Waals surface area (Å²) in [6.45, 7) is 6.79. The van der Waals surface area contributed by atoms with E-state index < -0.39 is 57.0 Å². The van der Waals surface area contributed by atoms with Crippen LogP contribution in [0, 0.1) is 27.2 Å². The number of aliphatic hydroxyl groups is 1. The van der Waals surface area contributed by atoms with Crippen molar-refractivity contribution >= 4 is 29.1 Å². The van der Waals surface area contributed by atoms with E-state index in [0.717, 1.165) is 28.2 Å². The Bertz CT molecular complexity index is 1600. The maximum Gasteiger partial charge on any atom is 0.413 e. The van der Waals surface area contributed by atoms with Crippen LogP contribution in [-0.2, 0) is 28.0 Å². The number of amides is 2. The minimum absolute atomic E-state index is 0.0738. The Morgan fingerprint density at radius 1 is 1.07 bits per heavy atom. The van der Waals surface area contributed by atoms with E-state index in [4.69, 9.17) is 4.74 Å². The first-order chi connectivity index (χ1) is 19.2. The fourth-order valence-electron chi connectivity index (χ4n) is 5.60. The normalized spacial score (nSPS) is 19.6. The molecule has 1 N–H and O–H groups in total. The number of nitro benzene ring substituents is 2. The SMILES string of the molecule is Cc1ccc2c(c1)[C@]1(Cc3c(cc([N+](=O)[O-])cc3[N+](=O)[O-])[C@@H](O)N1C(=O)OC(C)(C)C)C(=O)N2Cc1ccccc1. The zero-order valence-electron chi connectivity index (χ0n) is 22.9. The topological polar surface area (TPSA) is 156 Å². The van der Waals surface area contributed by atoms with Crippen LogP contribution >= 0.6 is 0 Å². The molecule has 12 nitrogen and oxygen atoms in total. The van der Waals surface area contributed by atoms with Gasteiger partial charge < -0.3 is 14.7 Å². The van der Waals surface area contributed by atoms with Crippen LogP contribution in [0.4, 0.5) is 21.9 Å². The van der Waals surface area contributed by atoms with E-state index in [9.17, 15) is 34.9 Å². The molecule has 41 heavy (non-hydrogen) atoms. The minimum atomic E-state index is -1.97. The molecule has 0 aromatic heterocycles. The third kappa shape index (κ3) is 4.55. The molecule has 0 unspecified atom stereocenters. The highest BCUT2D eigenvalue weighted by molar-refractivity contribution is 6.09. The summed E-state index contributed by atoms with van der Waals surface area (Å²) in [4.78, 5) is 53.0. The van der Waals surface area contributed by atoms with Crippen molar-refractivity contribution in [3.63, 3.8) is 0 Å². The monoisotopic (exact) mass is 560 g/mol. The van der Waals surface area contributed by atoms with E-state index in [2.05, 4.69) is 0 Å². The predicted molar refractivity (Wildman–Crippen MR) is 147 cm³/mol. The number of anilines is 1. The van der Waals surface area contributed by atoms with Gasteiger partial charge in [0.2, 0.25) is 0 Å². The summed E-state index contributed by atoms with van der Waals surface area (Å²) in [7, 11) is 0. The summed E-state index contributed by atoms with van der Waals surface area (Å²) in [5.74, 6) is -0.592. The van der Waals surface area contributed by atoms with Crippen LogP contribution in [0.3, 0.4) is 0 Å². The number of carbonyl (C=O) groups excluding carboxylic acids is 2. The molecule has 1 spiro atoms. The third-order valence-electron chi connectivity index (χ3n) is 7.28. The van der Waals surface area contributed by atoms with Crippen LogP contribution in [0.25, 0.3) is 0 Å². The summed E-state index contributed by atoms with van der Waals surface area (Å²) in [5, 5.41) is 35.5. The number of carbonyl (C=O) groups is 2. The molecular formula is C29H28N4O8. The van der Waals surface area contributed by atoms with Crippen LogP contribution in [0.1, 0.15) is 54.8 Å². The number of hydrogen-bond acceptors (Lipinski definition) is 8. The first-order valence-electron chi connectivity index (χ1n) is 12.9. The van der Waals surface area contributed by atoms with Crippen molar-refractivity contribution in [1.82, 2.24) is 4.90 Å². The standard InChI is InChI=1S/C29H28N4O8/c1-17-10-11-23-22(12-17)29(26(35)30(23)16-18-8-6-5-7-9-18)15-21-20(13-19(32(37)38)14-24(21)33(39)40)25(34)31(29)27(36)41-28(2,3)4/h5-14,25,34H,15-16H2,1-4H3/t25-,29-/m1/s1. The predicted octanol–water partition coefficient (Wildman–Crippen LogP) is 5.04. The number of hydrogen-bond donors (Lipinski definition) is 1. The van der Waals surface area contributed by atoms with E-state index in [1.807, 2.05) is 30.3 Å². The van der Waals surface area contributed by atoms with E-state index >= 15 is 0 Å². The molecule has 12 heteroatoms. The summed E-state index contributed by atoms with van der Waals surface area (Å²) < 4.78 is 5.64. The van der Waals surface area contributed by atoms with Gasteiger partial charge in [-0.1, -0.05) is 48.0 Å². The largest absolute Gasteiger partial charge is 0.444 e. The quantitative estimate of drug-likeness (QED) is 0.344. The molecule has 0 aliphatic carbocycles. The fraction of sp³-hybridized carbons (Fsp3) is 0.310. The van der Waals surface area contributed by atoms with E-state index in [0.29, 0.717) is 11.3 Å². The van der Waals surface area contributed by atoms with Crippen molar-refractivity contribution in [3.05, 3.63) is 109 Å². The number of nitrogens with zero attached hydrogens (tertiary/aromatic N) is 4. The molecule has 0 saturated carbocycles. The van der Waals surface area contributed by atoms with Crippen molar-refractivity contribution < 1.29 is 29.3 Å². The minimum Gasteiger partial charge on any atom is -0.444 e. The molecule has 2 heterocycles. The number of benzene rings is 3. The second kappa shape index (κ2) is 9.66. The molecule has 0 bridgehead atoms. The van der Waals surface area contributed by atoms with Crippen LogP contribution in [0.5, 0.6) is 0 Å². The number of aliphatic hydroxyl groups excluding tert-OH is 1. The fourth-order valence-corrected chi connectivity index (χ4v) is 5.60. The maximum atomic E-state index is 14.6. The number of non-ortho nitro benzene ring substituents is 1.